The van der Waals surface area contributed by atoms with Crippen LogP contribution in [0.4, 0.5) is 26.3 Å². The van der Waals surface area contributed by atoms with Crippen molar-refractivity contribution in [3.05, 3.63) is 16.3 Å². The van der Waals surface area contributed by atoms with Crippen LogP contribution in [0.3, 0.4) is 0 Å². The second kappa shape index (κ2) is 18.1. The third kappa shape index (κ3) is 16.5. The molecule has 0 aliphatic heterocycles. The maximum atomic E-state index is 11.5. The molecule has 0 amide bonds. The lowest BCUT2D eigenvalue weighted by Crippen LogP contribution is -2.51. The van der Waals surface area contributed by atoms with Gasteiger partial charge < -0.3 is 13.3 Å². The number of esters is 1. The molecule has 0 aliphatic carbocycles. The summed E-state index contributed by atoms with van der Waals surface area (Å²) < 4.78 is 116. The van der Waals surface area contributed by atoms with Crippen LogP contribution in [0.15, 0.2) is 12.2 Å². The molecule has 16 heteroatoms. The lowest BCUT2D eigenvalue weighted by molar-refractivity contribution is -0.929. The third-order valence-corrected chi connectivity index (χ3v) is 8.34. The zero-order valence-electron chi connectivity index (χ0n) is 23.0. The van der Waals surface area contributed by atoms with Crippen molar-refractivity contribution in [2.24, 2.45) is 0 Å². The summed E-state index contributed by atoms with van der Waals surface area (Å²) in [6.45, 7) is 17.7. The summed E-state index contributed by atoms with van der Waals surface area (Å²) in [6, 6.07) is 0. The van der Waals surface area contributed by atoms with E-state index in [9.17, 15) is 48.0 Å². The van der Waals surface area contributed by atoms with Crippen molar-refractivity contribution in [2.45, 2.75) is 96.5 Å². The molecular formula is C23H42F6N2O6S2. The first kappa shape index (κ1) is 39.8. The van der Waals surface area contributed by atoms with Crippen molar-refractivity contribution < 1.29 is 57.2 Å². The number of hydrogen-bond donors (Lipinski definition) is 0. The number of quaternary nitrogens is 1. The average Bonchev–Trinajstić information content (AvgIpc) is 2.79. The molecule has 0 unspecified atom stereocenters. The smallest absolute Gasteiger partial charge is 0.462 e. The summed E-state index contributed by atoms with van der Waals surface area (Å²) in [5.74, 6) is -0.252. The Bertz CT molecular complexity index is 886. The predicted molar refractivity (Wildman–Crippen MR) is 137 cm³/mol. The minimum absolute atomic E-state index is 0.252. The lowest BCUT2D eigenvalue weighted by atomic mass is 10.1. The number of nitrogens with zero attached hydrogens (tertiary/aromatic N) is 2. The first-order valence-corrected chi connectivity index (χ1v) is 15.6. The van der Waals surface area contributed by atoms with Gasteiger partial charge in [-0.05, 0) is 32.6 Å². The van der Waals surface area contributed by atoms with Crippen LogP contribution in [0.25, 0.3) is 4.13 Å². The maximum absolute atomic E-state index is 11.5. The van der Waals surface area contributed by atoms with Gasteiger partial charge in [0.05, 0.1) is 32.8 Å². The molecule has 234 valence electrons. The van der Waals surface area contributed by atoms with Crippen molar-refractivity contribution in [3.8, 4) is 0 Å². The fourth-order valence-electron chi connectivity index (χ4n) is 3.43. The van der Waals surface area contributed by atoms with Crippen LogP contribution in [-0.4, -0.2) is 71.1 Å². The minimum Gasteiger partial charge on any atom is -0.462 e. The van der Waals surface area contributed by atoms with Gasteiger partial charge in [0.2, 0.25) is 0 Å². The van der Waals surface area contributed by atoms with Gasteiger partial charge in [-0.3, -0.25) is 0 Å². The molecule has 0 radical (unpaired) electrons. The molecule has 0 aromatic carbocycles. The van der Waals surface area contributed by atoms with Crippen LogP contribution < -0.4 is 0 Å². The molecule has 39 heavy (non-hydrogen) atoms. The topological polar surface area (TPSA) is 109 Å². The first-order valence-electron chi connectivity index (χ1n) is 12.8. The Kier molecular flexibility index (Phi) is 18.5. The SMILES string of the molecule is C=C(C)C(=O)OCCC[N+](CCCC)(CCCC)CCCCCC.O=S(=O)([N-]S(=O)(=O)C(F)(F)F)C(F)(F)F. The summed E-state index contributed by atoms with van der Waals surface area (Å²) in [7, 11) is -13.4. The quantitative estimate of drug-likeness (QED) is 0.0565. The molecule has 0 bridgehead atoms. The van der Waals surface area contributed by atoms with Crippen molar-refractivity contribution in [3.63, 3.8) is 0 Å². The Morgan fingerprint density at radius 2 is 1.10 bits per heavy atom. The van der Waals surface area contributed by atoms with Crippen LogP contribution in [0.1, 0.15) is 85.5 Å². The molecule has 8 nitrogen and oxygen atoms in total. The van der Waals surface area contributed by atoms with Crippen molar-refractivity contribution in [2.75, 3.05) is 32.8 Å². The highest BCUT2D eigenvalue weighted by Crippen LogP contribution is 2.36. The fraction of sp³-hybridized carbons (Fsp3) is 0.870. The summed E-state index contributed by atoms with van der Waals surface area (Å²) in [6.07, 6.45) is 11.4. The van der Waals surface area contributed by atoms with Gasteiger partial charge in [0, 0.05) is 12.0 Å². The van der Waals surface area contributed by atoms with Crippen LogP contribution in [-0.2, 0) is 29.6 Å². The Morgan fingerprint density at radius 3 is 1.46 bits per heavy atom. The molecular weight excluding hydrogens is 578 g/mol. The van der Waals surface area contributed by atoms with E-state index in [4.69, 9.17) is 4.74 Å². The maximum Gasteiger partial charge on any atom is 0.480 e. The second-order valence-electron chi connectivity index (χ2n) is 9.19. The number of carbonyl (C=O) groups is 1. The molecule has 0 N–H and O–H groups in total. The molecule has 0 rings (SSSR count). The molecule has 0 saturated heterocycles. The molecule has 0 aromatic rings. The molecule has 0 heterocycles. The third-order valence-electron chi connectivity index (χ3n) is 5.60. The van der Waals surface area contributed by atoms with Gasteiger partial charge in [0.1, 0.15) is 0 Å². The van der Waals surface area contributed by atoms with E-state index in [1.54, 1.807) is 6.92 Å². The Hall–Kier alpha value is -1.39. The highest BCUT2D eigenvalue weighted by atomic mass is 32.3. The second-order valence-corrected chi connectivity index (χ2v) is 12.6. The van der Waals surface area contributed by atoms with E-state index >= 15 is 0 Å². The average molecular weight is 621 g/mol. The van der Waals surface area contributed by atoms with Gasteiger partial charge in [0.15, 0.2) is 20.0 Å². The van der Waals surface area contributed by atoms with Crippen LogP contribution >= 0.6 is 0 Å². The van der Waals surface area contributed by atoms with E-state index in [1.807, 2.05) is 0 Å². The van der Waals surface area contributed by atoms with Gasteiger partial charge in [-0.2, -0.15) is 26.3 Å². The van der Waals surface area contributed by atoms with Gasteiger partial charge >= 0.3 is 17.0 Å². The van der Waals surface area contributed by atoms with Gasteiger partial charge in [-0.1, -0.05) is 53.0 Å². The molecule has 0 aliphatic rings. The number of rotatable bonds is 18. The van der Waals surface area contributed by atoms with E-state index in [0.29, 0.717) is 12.2 Å². The highest BCUT2D eigenvalue weighted by molar-refractivity contribution is 8.13. The summed E-state index contributed by atoms with van der Waals surface area (Å²) >= 11 is 0. The number of unbranched alkanes of at least 4 members (excludes halogenated alkanes) is 5. The molecule has 0 aromatic heterocycles. The van der Waals surface area contributed by atoms with Crippen LogP contribution in [0.5, 0.6) is 0 Å². The Morgan fingerprint density at radius 1 is 0.718 bits per heavy atom. The zero-order valence-corrected chi connectivity index (χ0v) is 24.7. The van der Waals surface area contributed by atoms with E-state index in [2.05, 4.69) is 27.4 Å². The fourth-order valence-corrected chi connectivity index (χ4v) is 5.14. The van der Waals surface area contributed by atoms with Crippen LogP contribution in [0, 0.1) is 0 Å². The number of sulfonamides is 2. The Balaban J connectivity index is 0. The molecule has 0 atom stereocenters. The summed E-state index contributed by atoms with van der Waals surface area (Å²) in [5.41, 5.74) is -11.9. The van der Waals surface area contributed by atoms with E-state index < -0.39 is 31.1 Å². The largest absolute Gasteiger partial charge is 0.480 e. The van der Waals surface area contributed by atoms with E-state index in [1.165, 1.54) is 75.5 Å². The van der Waals surface area contributed by atoms with Crippen molar-refractivity contribution in [1.82, 2.24) is 0 Å². The number of halogens is 6. The van der Waals surface area contributed by atoms with Gasteiger partial charge in [0.25, 0.3) is 0 Å². The monoisotopic (exact) mass is 620 g/mol. The Labute approximate surface area is 228 Å². The van der Waals surface area contributed by atoms with Gasteiger partial charge in [-0.25, -0.2) is 21.6 Å². The predicted octanol–water partition coefficient (Wildman–Crippen LogP) is 6.55. The minimum atomic E-state index is -6.72. The van der Waals surface area contributed by atoms with Gasteiger partial charge in [-0.15, -0.1) is 0 Å². The normalized spacial score (nSPS) is 13.0. The number of hydrogen-bond acceptors (Lipinski definition) is 6. The van der Waals surface area contributed by atoms with E-state index in [-0.39, 0.29) is 5.97 Å². The van der Waals surface area contributed by atoms with Crippen LogP contribution in [0.2, 0.25) is 0 Å². The zero-order chi connectivity index (χ0) is 31.0. The number of alkyl halides is 6. The van der Waals surface area contributed by atoms with Crippen molar-refractivity contribution >= 4 is 26.0 Å². The number of carbonyl (C=O) groups excluding carboxylic acids is 1. The summed E-state index contributed by atoms with van der Waals surface area (Å²) in [5, 5.41) is 0. The standard InChI is InChI=1S/C21H42NO2.C2F6NO4S2/c1-6-9-12-13-17-22(15-10-7-2,16-11-8-3)18-14-19-24-21(23)20(4)5;3-1(4,5)14(10,11)9-15(12,13)2(6,7)8/h4,6-19H2,1-3,5H3;/q+1;-1. The number of ether oxygens (including phenoxy) is 1. The lowest BCUT2D eigenvalue weighted by Gasteiger charge is -2.39. The van der Waals surface area contributed by atoms with E-state index in [0.717, 1.165) is 17.1 Å². The molecule has 0 saturated carbocycles. The van der Waals surface area contributed by atoms with Crippen molar-refractivity contribution in [1.29, 1.82) is 0 Å². The molecule has 0 spiro atoms. The first-order chi connectivity index (χ1) is 17.7. The highest BCUT2D eigenvalue weighted by Gasteiger charge is 2.46. The summed E-state index contributed by atoms with van der Waals surface area (Å²) in [4.78, 5) is 11.5. The molecule has 0 fully saturated rings.